The van der Waals surface area contributed by atoms with Gasteiger partial charge in [-0.25, -0.2) is 0 Å². The lowest BCUT2D eigenvalue weighted by molar-refractivity contribution is -0.137. The van der Waals surface area contributed by atoms with Gasteiger partial charge >= 0.3 is 0 Å². The first-order valence-electron chi connectivity index (χ1n) is 8.29. The molecule has 23 heavy (non-hydrogen) atoms. The van der Waals surface area contributed by atoms with Crippen LogP contribution in [0, 0.1) is 17.2 Å². The van der Waals surface area contributed by atoms with Crippen LogP contribution in [0.25, 0.3) is 0 Å². The quantitative estimate of drug-likeness (QED) is 0.828. The van der Waals surface area contributed by atoms with Gasteiger partial charge in [0, 0.05) is 42.7 Å². The number of hydrogen-bond donors (Lipinski definition) is 0. The van der Waals surface area contributed by atoms with Crippen molar-refractivity contribution in [3.8, 4) is 6.07 Å². The number of halogens is 1. The maximum absolute atomic E-state index is 12.5. The van der Waals surface area contributed by atoms with Crippen LogP contribution in [-0.2, 0) is 4.79 Å². The highest BCUT2D eigenvalue weighted by molar-refractivity contribution is 6.31. The largest absolute Gasteiger partial charge is 0.340 e. The number of carbonyl (C=O) groups is 1. The van der Waals surface area contributed by atoms with Gasteiger partial charge in [0.2, 0.25) is 5.91 Å². The van der Waals surface area contributed by atoms with Gasteiger partial charge < -0.3 is 4.90 Å². The number of amides is 1. The molecule has 1 aromatic carbocycles. The van der Waals surface area contributed by atoms with Crippen molar-refractivity contribution in [2.24, 2.45) is 5.92 Å². The van der Waals surface area contributed by atoms with Crippen LogP contribution >= 0.6 is 11.6 Å². The van der Waals surface area contributed by atoms with Crippen LogP contribution in [0.3, 0.4) is 0 Å². The van der Waals surface area contributed by atoms with Gasteiger partial charge in [0.1, 0.15) is 6.04 Å². The van der Waals surface area contributed by atoms with Crippen molar-refractivity contribution in [1.29, 1.82) is 5.26 Å². The summed E-state index contributed by atoms with van der Waals surface area (Å²) in [6.45, 7) is 6.89. The zero-order valence-electron chi connectivity index (χ0n) is 13.8. The van der Waals surface area contributed by atoms with Crippen LogP contribution < -0.4 is 0 Å². The first kappa shape index (κ1) is 17.8. The maximum atomic E-state index is 12.5. The Labute approximate surface area is 143 Å². The van der Waals surface area contributed by atoms with Gasteiger partial charge in [0.15, 0.2) is 0 Å². The van der Waals surface area contributed by atoms with Crippen molar-refractivity contribution >= 4 is 17.5 Å². The molecule has 1 atom stereocenters. The van der Waals surface area contributed by atoms with Crippen LogP contribution in [0.4, 0.5) is 0 Å². The Balaban J connectivity index is 2.02. The first-order valence-corrected chi connectivity index (χ1v) is 8.67. The van der Waals surface area contributed by atoms with E-state index in [-0.39, 0.29) is 17.9 Å². The summed E-state index contributed by atoms with van der Waals surface area (Å²) in [5.74, 6) is 0.373. The molecule has 1 fully saturated rings. The Morgan fingerprint density at radius 3 is 2.35 bits per heavy atom. The molecule has 0 N–H and O–H groups in total. The fourth-order valence-corrected chi connectivity index (χ4v) is 3.38. The molecule has 2 rings (SSSR count). The molecular formula is C18H24ClN3O. The molecule has 0 aromatic heterocycles. The number of nitrogens with zero attached hydrogens (tertiary/aromatic N) is 3. The summed E-state index contributed by atoms with van der Waals surface area (Å²) in [5, 5.41) is 10.2. The summed E-state index contributed by atoms with van der Waals surface area (Å²) in [6.07, 6.45) is 1.77. The average molecular weight is 334 g/mol. The minimum atomic E-state index is -0.353. The number of hydrogen-bond acceptors (Lipinski definition) is 3. The van der Waals surface area contributed by atoms with Crippen LogP contribution in [0.15, 0.2) is 24.3 Å². The third-order valence-electron chi connectivity index (χ3n) is 4.65. The lowest BCUT2D eigenvalue weighted by Crippen LogP contribution is -2.51. The summed E-state index contributed by atoms with van der Waals surface area (Å²) < 4.78 is 0. The standard InChI is InChI=1S/C18H24ClN3O/c1-3-14(4-2)18(23)22-11-9-21(10-12-22)17(13-20)15-7-5-6-8-16(15)19/h5-8,14,17H,3-4,9-12H2,1-2H3. The molecule has 1 amide bonds. The molecule has 4 nitrogen and oxygen atoms in total. The first-order chi connectivity index (χ1) is 11.1. The second kappa shape index (κ2) is 8.33. The third-order valence-corrected chi connectivity index (χ3v) is 4.99. The predicted octanol–water partition coefficient (Wildman–Crippen LogP) is 3.49. The molecule has 1 aliphatic rings. The minimum absolute atomic E-state index is 0.122. The van der Waals surface area contributed by atoms with Gasteiger partial charge in [-0.15, -0.1) is 0 Å². The van der Waals surface area contributed by atoms with Crippen molar-refractivity contribution in [3.05, 3.63) is 34.9 Å². The molecule has 0 bridgehead atoms. The van der Waals surface area contributed by atoms with Crippen LogP contribution in [-0.4, -0.2) is 41.9 Å². The van der Waals surface area contributed by atoms with Gasteiger partial charge in [-0.3, -0.25) is 9.69 Å². The summed E-state index contributed by atoms with van der Waals surface area (Å²) in [5.41, 5.74) is 0.844. The molecule has 1 unspecified atom stereocenters. The second-order valence-corrected chi connectivity index (χ2v) is 6.34. The molecule has 0 radical (unpaired) electrons. The van der Waals surface area contributed by atoms with E-state index in [1.807, 2.05) is 29.2 Å². The maximum Gasteiger partial charge on any atom is 0.225 e. The Morgan fingerprint density at radius 1 is 1.22 bits per heavy atom. The number of benzene rings is 1. The molecular weight excluding hydrogens is 310 g/mol. The van der Waals surface area contributed by atoms with Gasteiger partial charge in [-0.05, 0) is 18.9 Å². The van der Waals surface area contributed by atoms with Crippen LogP contribution in [0.2, 0.25) is 5.02 Å². The molecule has 1 aliphatic heterocycles. The van der Waals surface area contributed by atoms with Crippen molar-refractivity contribution in [3.63, 3.8) is 0 Å². The molecule has 124 valence electrons. The zero-order chi connectivity index (χ0) is 16.8. The van der Waals surface area contributed by atoms with Crippen molar-refractivity contribution in [1.82, 2.24) is 9.80 Å². The molecule has 5 heteroatoms. The SMILES string of the molecule is CCC(CC)C(=O)N1CCN(C(C#N)c2ccccc2Cl)CC1. The second-order valence-electron chi connectivity index (χ2n) is 5.93. The van der Waals surface area contributed by atoms with Gasteiger partial charge in [-0.2, -0.15) is 5.26 Å². The zero-order valence-corrected chi connectivity index (χ0v) is 14.6. The smallest absolute Gasteiger partial charge is 0.225 e. The minimum Gasteiger partial charge on any atom is -0.340 e. The van der Waals surface area contributed by atoms with E-state index in [9.17, 15) is 10.1 Å². The van der Waals surface area contributed by atoms with Gasteiger partial charge in [-0.1, -0.05) is 43.6 Å². The number of rotatable bonds is 5. The number of carbonyl (C=O) groups excluding carboxylic acids is 1. The summed E-state index contributed by atoms with van der Waals surface area (Å²) in [6, 6.07) is 9.49. The monoisotopic (exact) mass is 333 g/mol. The molecule has 0 saturated carbocycles. The van der Waals surface area contributed by atoms with E-state index >= 15 is 0 Å². The fourth-order valence-electron chi connectivity index (χ4n) is 3.14. The average Bonchev–Trinajstić information content (AvgIpc) is 2.59. The van der Waals surface area contributed by atoms with Crippen LogP contribution in [0.5, 0.6) is 0 Å². The molecule has 1 heterocycles. The van der Waals surface area contributed by atoms with E-state index in [1.54, 1.807) is 0 Å². The van der Waals surface area contributed by atoms with Crippen LogP contribution in [0.1, 0.15) is 38.3 Å². The Hall–Kier alpha value is -1.57. The van der Waals surface area contributed by atoms with E-state index in [1.165, 1.54) is 0 Å². The molecule has 1 aromatic rings. The lowest BCUT2D eigenvalue weighted by Gasteiger charge is -2.38. The van der Waals surface area contributed by atoms with E-state index < -0.39 is 0 Å². The Kier molecular flexibility index (Phi) is 6.44. The summed E-state index contributed by atoms with van der Waals surface area (Å²) in [7, 11) is 0. The number of piperazine rings is 1. The topological polar surface area (TPSA) is 47.3 Å². The fraction of sp³-hybridized carbons (Fsp3) is 0.556. The Bertz CT molecular complexity index is 572. The Morgan fingerprint density at radius 2 is 1.83 bits per heavy atom. The number of nitriles is 1. The third kappa shape index (κ3) is 4.04. The van der Waals surface area contributed by atoms with Crippen molar-refractivity contribution < 1.29 is 4.79 Å². The van der Waals surface area contributed by atoms with E-state index in [0.29, 0.717) is 31.2 Å². The highest BCUT2D eigenvalue weighted by atomic mass is 35.5. The predicted molar refractivity (Wildman–Crippen MR) is 92.0 cm³/mol. The van der Waals surface area contributed by atoms with Crippen molar-refractivity contribution in [2.45, 2.75) is 32.7 Å². The van der Waals surface area contributed by atoms with E-state index in [4.69, 9.17) is 11.6 Å². The normalized spacial score (nSPS) is 17.1. The van der Waals surface area contributed by atoms with Gasteiger partial charge in [0.25, 0.3) is 0 Å². The van der Waals surface area contributed by atoms with E-state index in [2.05, 4.69) is 24.8 Å². The lowest BCUT2D eigenvalue weighted by atomic mass is 10.0. The molecule has 1 saturated heterocycles. The van der Waals surface area contributed by atoms with Crippen molar-refractivity contribution in [2.75, 3.05) is 26.2 Å². The van der Waals surface area contributed by atoms with Gasteiger partial charge in [0.05, 0.1) is 6.07 Å². The highest BCUT2D eigenvalue weighted by Gasteiger charge is 2.29. The molecule has 0 aliphatic carbocycles. The van der Waals surface area contributed by atoms with E-state index in [0.717, 1.165) is 18.4 Å². The summed E-state index contributed by atoms with van der Waals surface area (Å²) >= 11 is 6.23. The molecule has 0 spiro atoms. The summed E-state index contributed by atoms with van der Waals surface area (Å²) in [4.78, 5) is 16.5. The highest BCUT2D eigenvalue weighted by Crippen LogP contribution is 2.28.